The van der Waals surface area contributed by atoms with Gasteiger partial charge in [-0.2, -0.15) is 0 Å². The van der Waals surface area contributed by atoms with Crippen molar-refractivity contribution in [2.45, 2.75) is 27.7 Å². The maximum absolute atomic E-state index is 11.7. The highest BCUT2D eigenvalue weighted by molar-refractivity contribution is 5.97. The van der Waals surface area contributed by atoms with Crippen molar-refractivity contribution >= 4 is 11.8 Å². The van der Waals surface area contributed by atoms with Gasteiger partial charge < -0.3 is 9.90 Å². The number of rotatable bonds is 2. The van der Waals surface area contributed by atoms with Gasteiger partial charge in [-0.15, -0.1) is 0 Å². The minimum atomic E-state index is -1.07. The Morgan fingerprint density at radius 2 is 2.00 bits per heavy atom. The third kappa shape index (κ3) is 2.11. The van der Waals surface area contributed by atoms with Crippen LogP contribution in [0.15, 0.2) is 11.6 Å². The molecule has 0 aromatic carbocycles. The zero-order valence-electron chi connectivity index (χ0n) is 9.61. The normalized spacial score (nSPS) is 33.5. The Morgan fingerprint density at radius 1 is 1.47 bits per heavy atom. The topological polar surface area (TPSA) is 57.2 Å². The van der Waals surface area contributed by atoms with Crippen LogP contribution in [0.2, 0.25) is 0 Å². The molecule has 4 unspecified atom stereocenters. The number of hydrogen-bond donors (Lipinski definition) is 0. The Kier molecular flexibility index (Phi) is 3.32. The standard InChI is InChI=1S/C12H18O3/c1-6-5-7(2)11(13)8(3)10(6)9(4)12(14)15/h5-6,8-10H,1-4H3,(H,14,15)/p-1. The van der Waals surface area contributed by atoms with E-state index < -0.39 is 11.9 Å². The van der Waals surface area contributed by atoms with Crippen LogP contribution in [-0.2, 0) is 9.59 Å². The summed E-state index contributed by atoms with van der Waals surface area (Å²) in [5.41, 5.74) is 0.747. The van der Waals surface area contributed by atoms with Gasteiger partial charge in [-0.25, -0.2) is 0 Å². The van der Waals surface area contributed by atoms with E-state index in [1.54, 1.807) is 20.8 Å². The Hall–Kier alpha value is -1.12. The summed E-state index contributed by atoms with van der Waals surface area (Å²) in [5.74, 6) is -1.84. The first kappa shape index (κ1) is 12.0. The van der Waals surface area contributed by atoms with Gasteiger partial charge in [0.1, 0.15) is 0 Å². The molecule has 0 radical (unpaired) electrons. The van der Waals surface area contributed by atoms with Crippen LogP contribution < -0.4 is 5.11 Å². The predicted octanol–water partition coefficient (Wildman–Crippen LogP) is 0.790. The first-order valence-corrected chi connectivity index (χ1v) is 5.29. The molecule has 1 rings (SSSR count). The summed E-state index contributed by atoms with van der Waals surface area (Å²) in [5, 5.41) is 10.8. The van der Waals surface area contributed by atoms with E-state index in [-0.39, 0.29) is 23.5 Å². The van der Waals surface area contributed by atoms with Crippen molar-refractivity contribution in [3.8, 4) is 0 Å². The molecule has 0 saturated heterocycles. The van der Waals surface area contributed by atoms with E-state index in [1.165, 1.54) is 0 Å². The zero-order chi connectivity index (χ0) is 11.7. The van der Waals surface area contributed by atoms with Gasteiger partial charge in [-0.05, 0) is 30.3 Å². The quantitative estimate of drug-likeness (QED) is 0.675. The lowest BCUT2D eigenvalue weighted by Crippen LogP contribution is -2.42. The third-order valence-corrected chi connectivity index (χ3v) is 3.45. The van der Waals surface area contributed by atoms with Crippen LogP contribution in [-0.4, -0.2) is 11.8 Å². The lowest BCUT2D eigenvalue weighted by atomic mass is 9.69. The average molecular weight is 209 g/mol. The van der Waals surface area contributed by atoms with Gasteiger partial charge in [-0.1, -0.05) is 26.8 Å². The lowest BCUT2D eigenvalue weighted by Gasteiger charge is -2.36. The number of hydrogen-bond acceptors (Lipinski definition) is 3. The molecule has 0 fully saturated rings. The Labute approximate surface area is 90.2 Å². The molecule has 0 heterocycles. The molecule has 0 N–H and O–H groups in total. The Morgan fingerprint density at radius 3 is 2.47 bits per heavy atom. The SMILES string of the molecule is CC1=CC(C)C(C(C)C(=O)[O-])C(C)C1=O. The number of carboxylic acids is 1. The summed E-state index contributed by atoms with van der Waals surface area (Å²) in [7, 11) is 0. The van der Waals surface area contributed by atoms with Gasteiger partial charge in [-0.3, -0.25) is 4.79 Å². The molecule has 0 amide bonds. The van der Waals surface area contributed by atoms with Crippen molar-refractivity contribution < 1.29 is 14.7 Å². The zero-order valence-corrected chi connectivity index (χ0v) is 9.61. The molecule has 0 spiro atoms. The molecule has 0 aromatic heterocycles. The van der Waals surface area contributed by atoms with Crippen molar-refractivity contribution in [1.82, 2.24) is 0 Å². The highest BCUT2D eigenvalue weighted by Crippen LogP contribution is 2.36. The fourth-order valence-corrected chi connectivity index (χ4v) is 2.62. The minimum absolute atomic E-state index is 0.0613. The van der Waals surface area contributed by atoms with E-state index in [9.17, 15) is 14.7 Å². The van der Waals surface area contributed by atoms with E-state index in [2.05, 4.69) is 0 Å². The van der Waals surface area contributed by atoms with Crippen molar-refractivity contribution in [3.05, 3.63) is 11.6 Å². The van der Waals surface area contributed by atoms with Gasteiger partial charge in [0, 0.05) is 11.9 Å². The minimum Gasteiger partial charge on any atom is -0.550 e. The molecule has 0 saturated carbocycles. The predicted molar refractivity (Wildman–Crippen MR) is 54.8 cm³/mol. The molecule has 1 aliphatic carbocycles. The van der Waals surface area contributed by atoms with E-state index in [1.807, 2.05) is 13.0 Å². The largest absolute Gasteiger partial charge is 0.550 e. The smallest absolute Gasteiger partial charge is 0.161 e. The number of aliphatic carboxylic acids is 1. The molecular weight excluding hydrogens is 192 g/mol. The number of Topliss-reactive ketones (excluding diaryl/α,β-unsaturated/α-hetero) is 1. The molecule has 3 heteroatoms. The van der Waals surface area contributed by atoms with Crippen LogP contribution in [0, 0.1) is 23.7 Å². The highest BCUT2D eigenvalue weighted by atomic mass is 16.4. The number of carbonyl (C=O) groups excluding carboxylic acids is 2. The second kappa shape index (κ2) is 4.17. The summed E-state index contributed by atoms with van der Waals surface area (Å²) in [6.45, 7) is 7.17. The second-order valence-corrected chi connectivity index (χ2v) is 4.55. The fourth-order valence-electron chi connectivity index (χ4n) is 2.62. The van der Waals surface area contributed by atoms with Gasteiger partial charge in [0.05, 0.1) is 0 Å². The van der Waals surface area contributed by atoms with E-state index in [0.717, 1.165) is 5.57 Å². The molecule has 84 valence electrons. The highest BCUT2D eigenvalue weighted by Gasteiger charge is 2.36. The fraction of sp³-hybridized carbons (Fsp3) is 0.667. The van der Waals surface area contributed by atoms with Crippen LogP contribution in [0.4, 0.5) is 0 Å². The van der Waals surface area contributed by atoms with E-state index in [0.29, 0.717) is 0 Å². The molecule has 3 nitrogen and oxygen atoms in total. The summed E-state index contributed by atoms with van der Waals surface area (Å²) in [4.78, 5) is 22.6. The monoisotopic (exact) mass is 209 g/mol. The van der Waals surface area contributed by atoms with Crippen molar-refractivity contribution in [2.75, 3.05) is 0 Å². The molecule has 4 atom stereocenters. The molecular formula is C12H17O3-. The Bertz CT molecular complexity index is 317. The van der Waals surface area contributed by atoms with Crippen LogP contribution in [0.5, 0.6) is 0 Å². The molecule has 15 heavy (non-hydrogen) atoms. The summed E-state index contributed by atoms with van der Waals surface area (Å²) >= 11 is 0. The molecule has 0 aromatic rings. The maximum atomic E-state index is 11.7. The van der Waals surface area contributed by atoms with Crippen molar-refractivity contribution in [2.24, 2.45) is 23.7 Å². The van der Waals surface area contributed by atoms with Crippen molar-refractivity contribution in [1.29, 1.82) is 0 Å². The van der Waals surface area contributed by atoms with Gasteiger partial charge >= 0.3 is 0 Å². The van der Waals surface area contributed by atoms with Gasteiger partial charge in [0.2, 0.25) is 0 Å². The first-order valence-electron chi connectivity index (χ1n) is 5.29. The van der Waals surface area contributed by atoms with E-state index in [4.69, 9.17) is 0 Å². The third-order valence-electron chi connectivity index (χ3n) is 3.45. The van der Waals surface area contributed by atoms with Gasteiger partial charge in [0.25, 0.3) is 0 Å². The lowest BCUT2D eigenvalue weighted by molar-refractivity contribution is -0.313. The average Bonchev–Trinajstić information content (AvgIpc) is 2.14. The van der Waals surface area contributed by atoms with Crippen molar-refractivity contribution in [3.63, 3.8) is 0 Å². The number of allylic oxidation sites excluding steroid dienone is 2. The van der Waals surface area contributed by atoms with Crippen LogP contribution in [0.25, 0.3) is 0 Å². The summed E-state index contributed by atoms with van der Waals surface area (Å²) in [6.07, 6.45) is 1.87. The second-order valence-electron chi connectivity index (χ2n) is 4.55. The maximum Gasteiger partial charge on any atom is 0.161 e. The van der Waals surface area contributed by atoms with Crippen LogP contribution in [0.1, 0.15) is 27.7 Å². The van der Waals surface area contributed by atoms with Gasteiger partial charge in [0.15, 0.2) is 5.78 Å². The number of carbonyl (C=O) groups is 2. The summed E-state index contributed by atoms with van der Waals surface area (Å²) < 4.78 is 0. The van der Waals surface area contributed by atoms with E-state index >= 15 is 0 Å². The van der Waals surface area contributed by atoms with Crippen LogP contribution >= 0.6 is 0 Å². The number of ketones is 1. The molecule has 1 aliphatic rings. The Balaban J connectivity index is 3.00. The summed E-state index contributed by atoms with van der Waals surface area (Å²) in [6, 6.07) is 0. The number of carboxylic acid groups (broad SMARTS) is 1. The molecule has 0 aliphatic heterocycles. The first-order chi connectivity index (χ1) is 6.86. The van der Waals surface area contributed by atoms with Crippen LogP contribution in [0.3, 0.4) is 0 Å². The molecule has 0 bridgehead atoms.